The molecule has 1 aliphatic heterocycles. The van der Waals surface area contributed by atoms with Gasteiger partial charge in [0.15, 0.2) is 11.5 Å². The monoisotopic (exact) mass is 506 g/mol. The van der Waals surface area contributed by atoms with Gasteiger partial charge in [0.1, 0.15) is 11.2 Å². The van der Waals surface area contributed by atoms with Crippen molar-refractivity contribution in [3.8, 4) is 11.5 Å². The normalized spacial score (nSPS) is 15.6. The zero-order valence-electron chi connectivity index (χ0n) is 16.8. The lowest BCUT2D eigenvalue weighted by molar-refractivity contribution is -0.117. The van der Waals surface area contributed by atoms with Gasteiger partial charge in [-0.15, -0.1) is 0 Å². The second kappa shape index (κ2) is 8.44. The van der Waals surface area contributed by atoms with Gasteiger partial charge in [-0.25, -0.2) is 5.01 Å². The lowest BCUT2D eigenvalue weighted by atomic mass is 10.1. The van der Waals surface area contributed by atoms with E-state index in [0.29, 0.717) is 29.4 Å². The zero-order chi connectivity index (χ0) is 21.2. The van der Waals surface area contributed by atoms with Crippen molar-refractivity contribution in [3.05, 3.63) is 57.2 Å². The van der Waals surface area contributed by atoms with Crippen molar-refractivity contribution in [3.63, 3.8) is 0 Å². The predicted molar refractivity (Wildman–Crippen MR) is 121 cm³/mol. The molecule has 1 heterocycles. The highest BCUT2D eigenvalue weighted by atomic mass is 127. The lowest BCUT2D eigenvalue weighted by Crippen LogP contribution is -2.35. The van der Waals surface area contributed by atoms with E-state index in [-0.39, 0.29) is 11.2 Å². The smallest absolute Gasteiger partial charge is 0.282 e. The highest BCUT2D eigenvalue weighted by molar-refractivity contribution is 14.1. The molecule has 3 rings (SSSR count). The van der Waals surface area contributed by atoms with Crippen LogP contribution in [0.2, 0.25) is 0 Å². The summed E-state index contributed by atoms with van der Waals surface area (Å²) in [5, 5.41) is 1.25. The SMILES string of the molecule is CCOc1cc(/C=C2/C(=O)NN(c3ccccc3)C2=O)cc(I)c1OC(C)(C)C. The van der Waals surface area contributed by atoms with Gasteiger partial charge in [-0.2, -0.15) is 0 Å². The summed E-state index contributed by atoms with van der Waals surface area (Å²) in [6, 6.07) is 12.6. The van der Waals surface area contributed by atoms with Crippen molar-refractivity contribution in [1.29, 1.82) is 0 Å². The molecule has 2 amide bonds. The summed E-state index contributed by atoms with van der Waals surface area (Å²) in [6.45, 7) is 8.26. The van der Waals surface area contributed by atoms with Crippen LogP contribution in [-0.4, -0.2) is 24.0 Å². The van der Waals surface area contributed by atoms with Gasteiger partial charge >= 0.3 is 0 Å². The first-order valence-electron chi connectivity index (χ1n) is 9.27. The van der Waals surface area contributed by atoms with Crippen LogP contribution in [0.1, 0.15) is 33.3 Å². The molecule has 0 bridgehead atoms. The third-order valence-corrected chi connectivity index (χ3v) is 4.76. The first-order chi connectivity index (χ1) is 13.7. The fourth-order valence-electron chi connectivity index (χ4n) is 2.82. The number of nitrogens with one attached hydrogen (secondary N) is 1. The van der Waals surface area contributed by atoms with Gasteiger partial charge < -0.3 is 9.47 Å². The fourth-order valence-corrected chi connectivity index (χ4v) is 3.56. The summed E-state index contributed by atoms with van der Waals surface area (Å²) < 4.78 is 12.6. The quantitative estimate of drug-likeness (QED) is 0.373. The zero-order valence-corrected chi connectivity index (χ0v) is 18.9. The lowest BCUT2D eigenvalue weighted by Gasteiger charge is -2.24. The minimum absolute atomic E-state index is 0.0663. The molecule has 29 heavy (non-hydrogen) atoms. The first kappa shape index (κ1) is 21.2. The Balaban J connectivity index is 1.97. The van der Waals surface area contributed by atoms with Crippen molar-refractivity contribution in [2.75, 3.05) is 11.6 Å². The van der Waals surface area contributed by atoms with E-state index in [0.717, 1.165) is 3.57 Å². The van der Waals surface area contributed by atoms with Gasteiger partial charge in [0.2, 0.25) is 0 Å². The molecule has 1 N–H and O–H groups in total. The summed E-state index contributed by atoms with van der Waals surface area (Å²) in [5.41, 5.74) is 3.58. The summed E-state index contributed by atoms with van der Waals surface area (Å²) in [6.07, 6.45) is 1.58. The van der Waals surface area contributed by atoms with E-state index in [1.165, 1.54) is 5.01 Å². The number of anilines is 1. The number of hydrogen-bond acceptors (Lipinski definition) is 4. The Hall–Kier alpha value is -2.55. The standard InChI is InChI=1S/C22H23IN2O4/c1-5-28-18-13-14(12-17(23)19(18)29-22(2,3)4)11-16-20(26)24-25(21(16)27)15-9-7-6-8-10-15/h6-13H,5H2,1-4H3,(H,24,26)/b16-11-. The Bertz CT molecular complexity index is 965. The maximum absolute atomic E-state index is 12.8. The van der Waals surface area contributed by atoms with Crippen molar-refractivity contribution >= 4 is 46.2 Å². The molecule has 6 nitrogen and oxygen atoms in total. The van der Waals surface area contributed by atoms with E-state index >= 15 is 0 Å². The van der Waals surface area contributed by atoms with Crippen LogP contribution in [0.25, 0.3) is 6.08 Å². The molecular formula is C22H23IN2O4. The average molecular weight is 506 g/mol. The summed E-state index contributed by atoms with van der Waals surface area (Å²) in [4.78, 5) is 25.2. The van der Waals surface area contributed by atoms with Gasteiger partial charge in [0, 0.05) is 0 Å². The van der Waals surface area contributed by atoms with Crippen molar-refractivity contribution in [1.82, 2.24) is 5.43 Å². The van der Waals surface area contributed by atoms with Gasteiger partial charge in [0.05, 0.1) is 15.9 Å². The number of hydrogen-bond donors (Lipinski definition) is 1. The van der Waals surface area contributed by atoms with Crippen LogP contribution < -0.4 is 19.9 Å². The average Bonchev–Trinajstić information content (AvgIpc) is 2.93. The van der Waals surface area contributed by atoms with E-state index in [1.807, 2.05) is 39.8 Å². The predicted octanol–water partition coefficient (Wildman–Crippen LogP) is 4.33. The molecular weight excluding hydrogens is 483 g/mol. The maximum Gasteiger partial charge on any atom is 0.282 e. The molecule has 1 saturated heterocycles. The second-order valence-corrected chi connectivity index (χ2v) is 8.61. The molecule has 0 atom stereocenters. The number of carbonyl (C=O) groups excluding carboxylic acids is 2. The molecule has 0 radical (unpaired) electrons. The Morgan fingerprint density at radius 1 is 1.14 bits per heavy atom. The van der Waals surface area contributed by atoms with Crippen molar-refractivity contribution < 1.29 is 19.1 Å². The maximum atomic E-state index is 12.8. The largest absolute Gasteiger partial charge is 0.490 e. The van der Waals surface area contributed by atoms with Crippen LogP contribution in [0.3, 0.4) is 0 Å². The van der Waals surface area contributed by atoms with E-state index < -0.39 is 11.8 Å². The summed E-state index contributed by atoms with van der Waals surface area (Å²) in [5.74, 6) is 0.383. The summed E-state index contributed by atoms with van der Waals surface area (Å²) >= 11 is 2.17. The third-order valence-electron chi connectivity index (χ3n) is 3.96. The summed E-state index contributed by atoms with van der Waals surface area (Å²) in [7, 11) is 0. The van der Waals surface area contributed by atoms with Crippen LogP contribution in [0.15, 0.2) is 48.0 Å². The molecule has 0 spiro atoms. The molecule has 2 aromatic rings. The number of rotatable bonds is 5. The highest BCUT2D eigenvalue weighted by Gasteiger charge is 2.34. The molecule has 1 fully saturated rings. The molecule has 0 aliphatic carbocycles. The number of halogens is 1. The second-order valence-electron chi connectivity index (χ2n) is 7.45. The Kier molecular flexibility index (Phi) is 6.16. The van der Waals surface area contributed by atoms with Gasteiger partial charge in [-0.1, -0.05) is 18.2 Å². The number of amides is 2. The molecule has 1 aliphatic rings. The number of para-hydroxylation sites is 1. The number of hydrazine groups is 1. The number of ether oxygens (including phenoxy) is 2. The number of carbonyl (C=O) groups is 2. The fraction of sp³-hybridized carbons (Fsp3) is 0.273. The van der Waals surface area contributed by atoms with Gasteiger partial charge in [-0.3, -0.25) is 15.0 Å². The molecule has 2 aromatic carbocycles. The topological polar surface area (TPSA) is 67.9 Å². The Labute approximate surface area is 184 Å². The Morgan fingerprint density at radius 2 is 1.83 bits per heavy atom. The van der Waals surface area contributed by atoms with E-state index in [4.69, 9.17) is 9.47 Å². The van der Waals surface area contributed by atoms with Crippen molar-refractivity contribution in [2.45, 2.75) is 33.3 Å². The van der Waals surface area contributed by atoms with Crippen LogP contribution in [0, 0.1) is 3.57 Å². The molecule has 0 saturated carbocycles. The molecule has 7 heteroatoms. The number of nitrogens with zero attached hydrogens (tertiary/aromatic N) is 1. The minimum atomic E-state index is -0.443. The highest BCUT2D eigenvalue weighted by Crippen LogP contribution is 2.37. The Morgan fingerprint density at radius 3 is 2.45 bits per heavy atom. The minimum Gasteiger partial charge on any atom is -0.490 e. The first-order valence-corrected chi connectivity index (χ1v) is 10.3. The van der Waals surface area contributed by atoms with Crippen LogP contribution in [0.4, 0.5) is 5.69 Å². The van der Waals surface area contributed by atoms with Gasteiger partial charge in [-0.05, 0) is 86.2 Å². The van der Waals surface area contributed by atoms with Crippen LogP contribution >= 0.6 is 22.6 Å². The third kappa shape index (κ3) is 4.90. The van der Waals surface area contributed by atoms with Gasteiger partial charge in [0.25, 0.3) is 11.8 Å². The molecule has 0 unspecified atom stereocenters. The van der Waals surface area contributed by atoms with Crippen LogP contribution in [-0.2, 0) is 9.59 Å². The van der Waals surface area contributed by atoms with E-state index in [2.05, 4.69) is 28.0 Å². The molecule has 0 aromatic heterocycles. The van der Waals surface area contributed by atoms with Crippen LogP contribution in [0.5, 0.6) is 11.5 Å². The van der Waals surface area contributed by atoms with Crippen molar-refractivity contribution in [2.24, 2.45) is 0 Å². The van der Waals surface area contributed by atoms with E-state index in [1.54, 1.807) is 36.4 Å². The van der Waals surface area contributed by atoms with E-state index in [9.17, 15) is 9.59 Å². The molecule has 152 valence electrons. The number of benzene rings is 2.